The van der Waals surface area contributed by atoms with Crippen molar-refractivity contribution in [1.82, 2.24) is 4.98 Å². The first kappa shape index (κ1) is 18.4. The maximum atomic E-state index is 8.25. The van der Waals surface area contributed by atoms with Crippen LogP contribution >= 0.6 is 0 Å². The van der Waals surface area contributed by atoms with Crippen LogP contribution in [0, 0.1) is 0 Å². The molecule has 3 heteroatoms. The van der Waals surface area contributed by atoms with Crippen LogP contribution in [0.25, 0.3) is 0 Å². The lowest BCUT2D eigenvalue weighted by molar-refractivity contribution is 0.320. The average Bonchev–Trinajstić information content (AvgIpc) is 2.56. The Morgan fingerprint density at radius 3 is 2.32 bits per heavy atom. The molecule has 1 rings (SSSR count). The summed E-state index contributed by atoms with van der Waals surface area (Å²) in [5.74, 6) is 0. The molecular weight excluding hydrogens is 272 g/mol. The Balaban J connectivity index is 1.81. The molecule has 1 heterocycles. The van der Waals surface area contributed by atoms with E-state index < -0.39 is 0 Å². The topological polar surface area (TPSA) is 45.5 Å². The van der Waals surface area contributed by atoms with Gasteiger partial charge < -0.3 is 5.21 Å². The summed E-state index contributed by atoms with van der Waals surface area (Å²) in [4.78, 5) is 4.14. The van der Waals surface area contributed by atoms with Gasteiger partial charge in [-0.1, -0.05) is 37.5 Å². The first-order chi connectivity index (χ1) is 10.9. The Morgan fingerprint density at radius 1 is 0.909 bits per heavy atom. The van der Waals surface area contributed by atoms with Gasteiger partial charge in [0.25, 0.3) is 0 Å². The second-order valence-electron chi connectivity index (χ2n) is 5.72. The van der Waals surface area contributed by atoms with Crippen molar-refractivity contribution in [3.63, 3.8) is 0 Å². The number of rotatable bonds is 13. The van der Waals surface area contributed by atoms with E-state index in [2.05, 4.69) is 28.4 Å². The number of allylic oxidation sites excluding steroid dienone is 2. The van der Waals surface area contributed by atoms with Gasteiger partial charge in [-0.15, -0.1) is 5.16 Å². The Labute approximate surface area is 135 Å². The molecule has 122 valence electrons. The lowest BCUT2D eigenvalue weighted by Crippen LogP contribution is -1.86. The molecule has 0 radical (unpaired) electrons. The van der Waals surface area contributed by atoms with E-state index in [4.69, 9.17) is 5.21 Å². The number of oxime groups is 1. The van der Waals surface area contributed by atoms with Crippen LogP contribution in [0.4, 0.5) is 0 Å². The molecule has 0 saturated heterocycles. The third-order valence-electron chi connectivity index (χ3n) is 3.76. The Bertz CT molecular complexity index is 401. The summed E-state index contributed by atoms with van der Waals surface area (Å²) in [5, 5.41) is 11.2. The quantitative estimate of drug-likeness (QED) is 0.171. The highest BCUT2D eigenvalue weighted by Gasteiger charge is 1.93. The lowest BCUT2D eigenvalue weighted by atomic mass is 10.1. The minimum absolute atomic E-state index is 0.878. The fraction of sp³-hybridized carbons (Fsp3) is 0.579. The monoisotopic (exact) mass is 302 g/mol. The molecule has 3 nitrogen and oxygen atoms in total. The summed E-state index contributed by atoms with van der Waals surface area (Å²) in [7, 11) is 0. The van der Waals surface area contributed by atoms with E-state index >= 15 is 0 Å². The molecule has 0 amide bonds. The van der Waals surface area contributed by atoms with Gasteiger partial charge in [-0.25, -0.2) is 0 Å². The van der Waals surface area contributed by atoms with Crippen molar-refractivity contribution in [2.24, 2.45) is 5.16 Å². The van der Waals surface area contributed by atoms with Crippen molar-refractivity contribution < 1.29 is 5.21 Å². The standard InChI is InChI=1S/C19H30N2O/c22-21-17-12-10-8-6-4-2-1-3-5-7-9-11-14-19-15-13-16-20-18-19/h2,4,13,15-18,22H,1,3,5-12,14H2/b4-2-,21-17+. The van der Waals surface area contributed by atoms with Crippen LogP contribution in [-0.4, -0.2) is 16.4 Å². The highest BCUT2D eigenvalue weighted by atomic mass is 16.4. The molecule has 0 aromatic carbocycles. The molecule has 22 heavy (non-hydrogen) atoms. The van der Waals surface area contributed by atoms with Crippen LogP contribution in [0.5, 0.6) is 0 Å². The molecule has 1 aromatic rings. The zero-order valence-electron chi connectivity index (χ0n) is 13.7. The highest BCUT2D eigenvalue weighted by molar-refractivity contribution is 5.55. The van der Waals surface area contributed by atoms with Crippen LogP contribution in [0.3, 0.4) is 0 Å². The fourth-order valence-corrected chi connectivity index (χ4v) is 2.46. The SMILES string of the molecule is O/N=C/CCCC/C=C\CCCCCCCc1cccnc1. The van der Waals surface area contributed by atoms with Crippen molar-refractivity contribution in [1.29, 1.82) is 0 Å². The van der Waals surface area contributed by atoms with Gasteiger partial charge in [0.15, 0.2) is 0 Å². The summed E-state index contributed by atoms with van der Waals surface area (Å²) in [6.07, 6.45) is 23.2. The molecule has 0 aliphatic carbocycles. The number of nitrogens with zero attached hydrogens (tertiary/aromatic N) is 2. The minimum atomic E-state index is 0.878. The maximum absolute atomic E-state index is 8.25. The smallest absolute Gasteiger partial charge is 0.0435 e. The number of aromatic nitrogens is 1. The molecule has 0 unspecified atom stereocenters. The van der Waals surface area contributed by atoms with Crippen LogP contribution in [0.15, 0.2) is 41.8 Å². The van der Waals surface area contributed by atoms with Gasteiger partial charge in [0.1, 0.15) is 0 Å². The summed E-state index contributed by atoms with van der Waals surface area (Å²) >= 11 is 0. The summed E-state index contributed by atoms with van der Waals surface area (Å²) < 4.78 is 0. The Hall–Kier alpha value is -1.64. The average molecular weight is 302 g/mol. The molecule has 0 aliphatic rings. The second-order valence-corrected chi connectivity index (χ2v) is 5.72. The van der Waals surface area contributed by atoms with E-state index in [1.165, 1.54) is 50.5 Å². The van der Waals surface area contributed by atoms with Gasteiger partial charge in [-0.3, -0.25) is 4.98 Å². The number of hydrogen-bond acceptors (Lipinski definition) is 3. The van der Waals surface area contributed by atoms with Gasteiger partial charge in [-0.05, 0) is 63.0 Å². The summed E-state index contributed by atoms with van der Waals surface area (Å²) in [6.45, 7) is 0. The number of aryl methyl sites for hydroxylation is 1. The number of pyridine rings is 1. The van der Waals surface area contributed by atoms with Crippen molar-refractivity contribution in [2.75, 3.05) is 0 Å². The van der Waals surface area contributed by atoms with Crippen LogP contribution in [0.2, 0.25) is 0 Å². The Morgan fingerprint density at radius 2 is 1.59 bits per heavy atom. The van der Waals surface area contributed by atoms with Crippen LogP contribution < -0.4 is 0 Å². The molecule has 0 atom stereocenters. The molecular formula is C19H30N2O. The minimum Gasteiger partial charge on any atom is -0.411 e. The van der Waals surface area contributed by atoms with E-state index in [9.17, 15) is 0 Å². The maximum Gasteiger partial charge on any atom is 0.0435 e. The summed E-state index contributed by atoms with van der Waals surface area (Å²) in [5.41, 5.74) is 1.36. The van der Waals surface area contributed by atoms with E-state index in [0.717, 1.165) is 25.7 Å². The molecule has 0 spiro atoms. The first-order valence-electron chi connectivity index (χ1n) is 8.63. The number of hydrogen-bond donors (Lipinski definition) is 1. The summed E-state index contributed by atoms with van der Waals surface area (Å²) in [6, 6.07) is 4.18. The van der Waals surface area contributed by atoms with Crippen molar-refractivity contribution >= 4 is 6.21 Å². The van der Waals surface area contributed by atoms with Crippen molar-refractivity contribution in [3.8, 4) is 0 Å². The third-order valence-corrected chi connectivity index (χ3v) is 3.76. The third kappa shape index (κ3) is 11.1. The van der Waals surface area contributed by atoms with E-state index in [0.29, 0.717) is 0 Å². The number of unbranched alkanes of at least 4 members (excludes halogenated alkanes) is 8. The van der Waals surface area contributed by atoms with Crippen molar-refractivity contribution in [3.05, 3.63) is 42.2 Å². The first-order valence-corrected chi connectivity index (χ1v) is 8.63. The molecule has 0 bridgehead atoms. The van der Waals surface area contributed by atoms with Crippen LogP contribution in [0.1, 0.15) is 69.8 Å². The van der Waals surface area contributed by atoms with Crippen LogP contribution in [-0.2, 0) is 6.42 Å². The lowest BCUT2D eigenvalue weighted by Gasteiger charge is -2.01. The Kier molecular flexibility index (Phi) is 12.0. The largest absolute Gasteiger partial charge is 0.411 e. The molecule has 1 aromatic heterocycles. The fourth-order valence-electron chi connectivity index (χ4n) is 2.46. The molecule has 0 saturated carbocycles. The van der Waals surface area contributed by atoms with E-state index in [1.54, 1.807) is 6.21 Å². The molecule has 0 aliphatic heterocycles. The highest BCUT2D eigenvalue weighted by Crippen LogP contribution is 2.09. The van der Waals surface area contributed by atoms with E-state index in [1.807, 2.05) is 18.5 Å². The molecule has 0 fully saturated rings. The normalized spacial score (nSPS) is 11.6. The van der Waals surface area contributed by atoms with E-state index in [-0.39, 0.29) is 0 Å². The zero-order chi connectivity index (χ0) is 15.7. The molecule has 1 N–H and O–H groups in total. The second kappa shape index (κ2) is 14.3. The predicted octanol–water partition coefficient (Wildman–Crippen LogP) is 5.54. The van der Waals surface area contributed by atoms with Gasteiger partial charge in [0.05, 0.1) is 0 Å². The zero-order valence-corrected chi connectivity index (χ0v) is 13.7. The van der Waals surface area contributed by atoms with Gasteiger partial charge in [-0.2, -0.15) is 0 Å². The predicted molar refractivity (Wildman–Crippen MR) is 93.5 cm³/mol. The van der Waals surface area contributed by atoms with Gasteiger partial charge in [0, 0.05) is 18.6 Å². The van der Waals surface area contributed by atoms with Gasteiger partial charge >= 0.3 is 0 Å². The van der Waals surface area contributed by atoms with Gasteiger partial charge in [0.2, 0.25) is 0 Å². The van der Waals surface area contributed by atoms with Crippen molar-refractivity contribution in [2.45, 2.75) is 70.6 Å².